The predicted octanol–water partition coefficient (Wildman–Crippen LogP) is 2.84. The fourth-order valence-electron chi connectivity index (χ4n) is 3.21. The van der Waals surface area contributed by atoms with Crippen LogP contribution in [0.1, 0.15) is 27.8 Å². The summed E-state index contributed by atoms with van der Waals surface area (Å²) < 4.78 is 6.48. The van der Waals surface area contributed by atoms with Gasteiger partial charge in [-0.1, -0.05) is 36.4 Å². The maximum Gasteiger partial charge on any atom is 0.360 e. The lowest BCUT2D eigenvalue weighted by molar-refractivity contribution is 0.0313. The number of carbonyl (C=O) groups excluding carboxylic acids is 2. The Balaban J connectivity index is 1.65. The number of ketones is 1. The molecule has 0 spiro atoms. The highest BCUT2D eigenvalue weighted by atomic mass is 16.5. The molecule has 1 N–H and O–H groups in total. The number of nitrogens with zero attached hydrogens (tertiary/aromatic N) is 2. The van der Waals surface area contributed by atoms with E-state index in [9.17, 15) is 14.4 Å². The van der Waals surface area contributed by atoms with Gasteiger partial charge in [0.1, 0.15) is 0 Å². The molecule has 2 heterocycles. The molecular weight excluding hydrogens is 358 g/mol. The van der Waals surface area contributed by atoms with Gasteiger partial charge in [-0.05, 0) is 19.1 Å². The Morgan fingerprint density at radius 1 is 1.04 bits per heavy atom. The minimum absolute atomic E-state index is 0.00345. The van der Waals surface area contributed by atoms with Gasteiger partial charge in [-0.3, -0.25) is 9.59 Å². The second-order valence-corrected chi connectivity index (χ2v) is 6.48. The van der Waals surface area contributed by atoms with Gasteiger partial charge < -0.3 is 9.72 Å². The lowest BCUT2D eigenvalue weighted by Crippen LogP contribution is -2.28. The Morgan fingerprint density at radius 3 is 2.43 bits per heavy atom. The molecule has 7 nitrogen and oxygen atoms in total. The minimum atomic E-state index is -1.01. The van der Waals surface area contributed by atoms with Crippen molar-refractivity contribution in [2.75, 3.05) is 0 Å². The number of nitrogens with one attached hydrogen (secondary N) is 1. The van der Waals surface area contributed by atoms with E-state index in [1.807, 2.05) is 24.3 Å². The fourth-order valence-corrected chi connectivity index (χ4v) is 3.21. The molecule has 0 fully saturated rings. The van der Waals surface area contributed by atoms with Crippen LogP contribution in [0.4, 0.5) is 0 Å². The predicted molar refractivity (Wildman–Crippen MR) is 104 cm³/mol. The van der Waals surface area contributed by atoms with E-state index in [1.165, 1.54) is 14.0 Å². The van der Waals surface area contributed by atoms with Crippen molar-refractivity contribution in [2.45, 2.75) is 13.0 Å². The number of rotatable bonds is 4. The van der Waals surface area contributed by atoms with Crippen LogP contribution in [0.2, 0.25) is 0 Å². The Morgan fingerprint density at radius 2 is 1.68 bits per heavy atom. The quantitative estimate of drug-likeness (QED) is 0.437. The van der Waals surface area contributed by atoms with Crippen LogP contribution < -0.4 is 5.56 Å². The van der Waals surface area contributed by atoms with Crippen molar-refractivity contribution >= 4 is 33.4 Å². The van der Waals surface area contributed by atoms with Gasteiger partial charge >= 0.3 is 5.97 Å². The first-order valence-corrected chi connectivity index (χ1v) is 8.74. The summed E-state index contributed by atoms with van der Waals surface area (Å²) >= 11 is 0. The molecule has 0 aliphatic heterocycles. The highest BCUT2D eigenvalue weighted by Gasteiger charge is 2.25. The van der Waals surface area contributed by atoms with Gasteiger partial charge in [0.15, 0.2) is 11.8 Å². The number of benzene rings is 2. The molecule has 0 aliphatic rings. The number of esters is 1. The van der Waals surface area contributed by atoms with E-state index in [-0.39, 0.29) is 17.0 Å². The number of Topliss-reactive ketones (excluding diaryl/α,β-unsaturated/α-hetero) is 1. The molecular formula is C21H17N3O4. The van der Waals surface area contributed by atoms with Gasteiger partial charge in [0, 0.05) is 35.1 Å². The molecule has 4 rings (SSSR count). The van der Waals surface area contributed by atoms with Crippen LogP contribution in [0.5, 0.6) is 0 Å². The zero-order chi connectivity index (χ0) is 19.8. The number of hydrogen-bond acceptors (Lipinski definition) is 5. The molecule has 7 heteroatoms. The second kappa shape index (κ2) is 6.77. The van der Waals surface area contributed by atoms with Crippen molar-refractivity contribution in [2.24, 2.45) is 7.05 Å². The number of ether oxygens (including phenoxy) is 1. The number of carbonyl (C=O) groups is 2. The summed E-state index contributed by atoms with van der Waals surface area (Å²) in [7, 11) is 1.46. The minimum Gasteiger partial charge on any atom is -0.449 e. The van der Waals surface area contributed by atoms with Gasteiger partial charge in [0.25, 0.3) is 5.56 Å². The topological polar surface area (TPSA) is 94.0 Å². The zero-order valence-corrected chi connectivity index (χ0v) is 15.3. The Hall–Kier alpha value is -3.74. The Kier molecular flexibility index (Phi) is 4.27. The lowest BCUT2D eigenvalue weighted by atomic mass is 10.1. The Labute approximate surface area is 159 Å². The largest absolute Gasteiger partial charge is 0.449 e. The molecule has 0 saturated carbocycles. The van der Waals surface area contributed by atoms with Crippen LogP contribution in [-0.2, 0) is 11.8 Å². The number of hydrogen-bond donors (Lipinski definition) is 1. The fraction of sp³-hybridized carbons (Fsp3) is 0.143. The van der Waals surface area contributed by atoms with Crippen LogP contribution in [0.3, 0.4) is 0 Å². The summed E-state index contributed by atoms with van der Waals surface area (Å²) in [5.74, 6) is -1.08. The van der Waals surface area contributed by atoms with Gasteiger partial charge in [-0.15, -0.1) is 0 Å². The first-order chi connectivity index (χ1) is 13.5. The van der Waals surface area contributed by atoms with E-state index < -0.39 is 12.1 Å². The highest BCUT2D eigenvalue weighted by molar-refractivity contribution is 6.11. The number of fused-ring (bicyclic) bond motifs is 2. The molecule has 0 saturated heterocycles. The third-order valence-electron chi connectivity index (χ3n) is 4.66. The van der Waals surface area contributed by atoms with Gasteiger partial charge in [0.2, 0.25) is 5.78 Å². The number of aryl methyl sites for hydroxylation is 1. The van der Waals surface area contributed by atoms with E-state index in [2.05, 4.69) is 10.1 Å². The van der Waals surface area contributed by atoms with Crippen molar-refractivity contribution in [3.63, 3.8) is 0 Å². The summed E-state index contributed by atoms with van der Waals surface area (Å²) in [5, 5.41) is 5.56. The van der Waals surface area contributed by atoms with E-state index in [4.69, 9.17) is 4.74 Å². The summed E-state index contributed by atoms with van der Waals surface area (Å²) in [6.45, 7) is 1.52. The van der Waals surface area contributed by atoms with E-state index in [1.54, 1.807) is 30.5 Å². The summed E-state index contributed by atoms with van der Waals surface area (Å²) in [4.78, 5) is 40.7. The molecule has 140 valence electrons. The van der Waals surface area contributed by atoms with Gasteiger partial charge in [0.05, 0.1) is 5.39 Å². The zero-order valence-electron chi connectivity index (χ0n) is 15.3. The van der Waals surface area contributed by atoms with Crippen molar-refractivity contribution in [1.82, 2.24) is 14.8 Å². The third kappa shape index (κ3) is 2.87. The SMILES string of the molecule is C[C@@H](OC(=O)c1nn(C)c(=O)c2ccccc12)C(=O)c1c[nH]c2ccccc12. The van der Waals surface area contributed by atoms with E-state index in [0.717, 1.165) is 15.6 Å². The van der Waals surface area contributed by atoms with Crippen LogP contribution in [0, 0.1) is 0 Å². The second-order valence-electron chi connectivity index (χ2n) is 6.48. The third-order valence-corrected chi connectivity index (χ3v) is 4.66. The molecule has 0 aliphatic carbocycles. The summed E-state index contributed by atoms with van der Waals surface area (Å²) in [5.41, 5.74) is 0.968. The molecule has 28 heavy (non-hydrogen) atoms. The smallest absolute Gasteiger partial charge is 0.360 e. The van der Waals surface area contributed by atoms with Crippen molar-refractivity contribution in [3.8, 4) is 0 Å². The average Bonchev–Trinajstić information content (AvgIpc) is 3.14. The van der Waals surface area contributed by atoms with Crippen LogP contribution in [0.25, 0.3) is 21.7 Å². The van der Waals surface area contributed by atoms with E-state index in [0.29, 0.717) is 16.3 Å². The first-order valence-electron chi connectivity index (χ1n) is 8.74. The lowest BCUT2D eigenvalue weighted by Gasteiger charge is -2.13. The molecule has 2 aromatic heterocycles. The molecule has 0 amide bonds. The maximum atomic E-state index is 12.8. The van der Waals surface area contributed by atoms with Crippen LogP contribution in [0.15, 0.2) is 59.5 Å². The summed E-state index contributed by atoms with van der Waals surface area (Å²) in [6, 6.07) is 14.1. The standard InChI is InChI=1S/C21H17N3O4/c1-12(19(25)16-11-22-17-10-6-5-7-13(16)17)28-21(27)18-14-8-3-4-9-15(14)20(26)24(2)23-18/h3-12,22H,1-2H3/t12-/m1/s1. The van der Waals surface area contributed by atoms with Crippen molar-refractivity contribution < 1.29 is 14.3 Å². The molecule has 4 aromatic rings. The highest BCUT2D eigenvalue weighted by Crippen LogP contribution is 2.21. The van der Waals surface area contributed by atoms with Gasteiger partial charge in [-0.25, -0.2) is 9.48 Å². The van der Waals surface area contributed by atoms with E-state index >= 15 is 0 Å². The molecule has 2 aromatic carbocycles. The number of H-pyrrole nitrogens is 1. The van der Waals surface area contributed by atoms with Crippen LogP contribution >= 0.6 is 0 Å². The maximum absolute atomic E-state index is 12.8. The first kappa shape index (κ1) is 17.7. The molecule has 0 bridgehead atoms. The van der Waals surface area contributed by atoms with Crippen molar-refractivity contribution in [3.05, 3.63) is 76.3 Å². The molecule has 0 radical (unpaired) electrons. The monoisotopic (exact) mass is 375 g/mol. The summed E-state index contributed by atoms with van der Waals surface area (Å²) in [6.07, 6.45) is 0.599. The van der Waals surface area contributed by atoms with Crippen LogP contribution in [-0.4, -0.2) is 32.6 Å². The number of aromatic amines is 1. The average molecular weight is 375 g/mol. The number of aromatic nitrogens is 3. The van der Waals surface area contributed by atoms with Crippen molar-refractivity contribution in [1.29, 1.82) is 0 Å². The normalized spacial score (nSPS) is 12.2. The Bertz CT molecular complexity index is 1290. The molecule has 1 atom stereocenters. The van der Waals surface area contributed by atoms with Gasteiger partial charge in [-0.2, -0.15) is 5.10 Å². The number of para-hydroxylation sites is 1. The molecule has 0 unspecified atom stereocenters.